The van der Waals surface area contributed by atoms with Crippen LogP contribution in [0.25, 0.3) is 0 Å². The van der Waals surface area contributed by atoms with Crippen molar-refractivity contribution in [1.82, 2.24) is 5.32 Å². The van der Waals surface area contributed by atoms with E-state index in [0.717, 1.165) is 10.0 Å². The van der Waals surface area contributed by atoms with Gasteiger partial charge in [0.1, 0.15) is 0 Å². The molecule has 18 heavy (non-hydrogen) atoms. The maximum Gasteiger partial charge on any atom is 0.251 e. The summed E-state index contributed by atoms with van der Waals surface area (Å²) in [6.45, 7) is 0.507. The largest absolute Gasteiger partial charge is 0.348 e. The van der Waals surface area contributed by atoms with Crippen molar-refractivity contribution >= 4 is 33.4 Å². The standard InChI is InChI=1S/C14H11BrClNO/c15-12-7-6-11(8-13(12)16)14(18)17-9-10-4-2-1-3-5-10/h1-8H,9H2,(H,17,18). The average molecular weight is 325 g/mol. The van der Waals surface area contributed by atoms with Gasteiger partial charge in [0.2, 0.25) is 0 Å². The van der Waals surface area contributed by atoms with Crippen LogP contribution in [0.15, 0.2) is 53.0 Å². The van der Waals surface area contributed by atoms with Crippen molar-refractivity contribution in [1.29, 1.82) is 0 Å². The molecule has 0 bridgehead atoms. The molecule has 0 saturated carbocycles. The number of halogens is 2. The molecule has 2 aromatic rings. The first-order chi connectivity index (χ1) is 8.66. The lowest BCUT2D eigenvalue weighted by molar-refractivity contribution is 0.0951. The van der Waals surface area contributed by atoms with Gasteiger partial charge < -0.3 is 5.32 Å². The Morgan fingerprint density at radius 2 is 1.89 bits per heavy atom. The van der Waals surface area contributed by atoms with Crippen molar-refractivity contribution in [3.05, 3.63) is 69.2 Å². The highest BCUT2D eigenvalue weighted by Crippen LogP contribution is 2.23. The van der Waals surface area contributed by atoms with Crippen LogP contribution in [-0.4, -0.2) is 5.91 Å². The average Bonchev–Trinajstić information content (AvgIpc) is 2.40. The highest BCUT2D eigenvalue weighted by Gasteiger charge is 2.07. The van der Waals surface area contributed by atoms with Crippen LogP contribution in [0.5, 0.6) is 0 Å². The Kier molecular flexibility index (Phi) is 4.39. The number of carbonyl (C=O) groups excluding carboxylic acids is 1. The van der Waals surface area contributed by atoms with Gasteiger partial charge in [0.15, 0.2) is 0 Å². The molecule has 4 heteroatoms. The molecule has 0 unspecified atom stereocenters. The topological polar surface area (TPSA) is 29.1 Å². The highest BCUT2D eigenvalue weighted by molar-refractivity contribution is 9.10. The van der Waals surface area contributed by atoms with E-state index in [1.54, 1.807) is 18.2 Å². The van der Waals surface area contributed by atoms with E-state index in [2.05, 4.69) is 21.2 Å². The molecule has 0 spiro atoms. The third kappa shape index (κ3) is 3.34. The Morgan fingerprint density at radius 3 is 2.56 bits per heavy atom. The van der Waals surface area contributed by atoms with Crippen molar-refractivity contribution in [2.75, 3.05) is 0 Å². The maximum absolute atomic E-state index is 11.9. The van der Waals surface area contributed by atoms with E-state index in [9.17, 15) is 4.79 Å². The predicted molar refractivity (Wildman–Crippen MR) is 76.8 cm³/mol. The summed E-state index contributed by atoms with van der Waals surface area (Å²) < 4.78 is 0.781. The molecule has 92 valence electrons. The summed E-state index contributed by atoms with van der Waals surface area (Å²) in [6, 6.07) is 14.9. The molecule has 2 nitrogen and oxygen atoms in total. The molecule has 0 aliphatic carbocycles. The highest BCUT2D eigenvalue weighted by atomic mass is 79.9. The fraction of sp³-hybridized carbons (Fsp3) is 0.0714. The summed E-state index contributed by atoms with van der Waals surface area (Å²) in [4.78, 5) is 11.9. The second-order valence-corrected chi connectivity index (χ2v) is 5.06. The molecule has 0 aliphatic heterocycles. The molecular weight excluding hydrogens is 314 g/mol. The maximum atomic E-state index is 11.9. The van der Waals surface area contributed by atoms with E-state index in [0.29, 0.717) is 17.1 Å². The molecule has 0 saturated heterocycles. The molecular formula is C14H11BrClNO. The molecule has 0 aromatic heterocycles. The van der Waals surface area contributed by atoms with Gasteiger partial charge in [-0.15, -0.1) is 0 Å². The van der Waals surface area contributed by atoms with Crippen LogP contribution in [-0.2, 0) is 6.54 Å². The molecule has 0 radical (unpaired) electrons. The number of benzene rings is 2. The summed E-state index contributed by atoms with van der Waals surface area (Å²) in [5.41, 5.74) is 1.62. The van der Waals surface area contributed by atoms with E-state index < -0.39 is 0 Å². The van der Waals surface area contributed by atoms with E-state index in [1.807, 2.05) is 30.3 Å². The molecule has 2 rings (SSSR count). The van der Waals surface area contributed by atoms with Gasteiger partial charge in [0, 0.05) is 16.6 Å². The Hall–Kier alpha value is -1.32. The quantitative estimate of drug-likeness (QED) is 0.907. The van der Waals surface area contributed by atoms with Crippen LogP contribution in [0.3, 0.4) is 0 Å². The van der Waals surface area contributed by atoms with Gasteiger partial charge in [0.25, 0.3) is 5.91 Å². The molecule has 0 aliphatic rings. The van der Waals surface area contributed by atoms with Crippen LogP contribution in [0.4, 0.5) is 0 Å². The first-order valence-corrected chi connectivity index (χ1v) is 6.61. The SMILES string of the molecule is O=C(NCc1ccccc1)c1ccc(Br)c(Cl)c1. The van der Waals surface area contributed by atoms with Gasteiger partial charge in [-0.3, -0.25) is 4.79 Å². The lowest BCUT2D eigenvalue weighted by atomic mass is 10.2. The monoisotopic (exact) mass is 323 g/mol. The van der Waals surface area contributed by atoms with Gasteiger partial charge in [-0.05, 0) is 39.7 Å². The minimum Gasteiger partial charge on any atom is -0.348 e. The normalized spacial score (nSPS) is 10.1. The van der Waals surface area contributed by atoms with E-state index >= 15 is 0 Å². The summed E-state index contributed by atoms with van der Waals surface area (Å²) in [6.07, 6.45) is 0. The minimum absolute atomic E-state index is 0.131. The van der Waals surface area contributed by atoms with Crippen LogP contribution in [0.2, 0.25) is 5.02 Å². The zero-order valence-corrected chi connectivity index (χ0v) is 11.8. The van der Waals surface area contributed by atoms with Crippen LogP contribution in [0.1, 0.15) is 15.9 Å². The molecule has 2 aromatic carbocycles. The summed E-state index contributed by atoms with van der Waals surface area (Å²) in [5.74, 6) is -0.131. The number of rotatable bonds is 3. The third-order valence-corrected chi connectivity index (χ3v) is 3.71. The second kappa shape index (κ2) is 6.03. The predicted octanol–water partition coefficient (Wildman–Crippen LogP) is 4.03. The summed E-state index contributed by atoms with van der Waals surface area (Å²) in [7, 11) is 0. The number of carbonyl (C=O) groups is 1. The Morgan fingerprint density at radius 1 is 1.17 bits per heavy atom. The third-order valence-electron chi connectivity index (χ3n) is 2.48. The molecule has 1 amide bonds. The first-order valence-electron chi connectivity index (χ1n) is 5.44. The molecule has 0 heterocycles. The van der Waals surface area contributed by atoms with Crippen molar-refractivity contribution in [2.24, 2.45) is 0 Å². The summed E-state index contributed by atoms with van der Waals surface area (Å²) in [5, 5.41) is 3.38. The number of hydrogen-bond acceptors (Lipinski definition) is 1. The fourth-order valence-corrected chi connectivity index (χ4v) is 1.94. The van der Waals surface area contributed by atoms with Gasteiger partial charge in [0.05, 0.1) is 5.02 Å². The summed E-state index contributed by atoms with van der Waals surface area (Å²) >= 11 is 9.24. The van der Waals surface area contributed by atoms with Crippen molar-refractivity contribution in [3.63, 3.8) is 0 Å². The zero-order chi connectivity index (χ0) is 13.0. The van der Waals surface area contributed by atoms with Gasteiger partial charge in [-0.1, -0.05) is 41.9 Å². The number of nitrogens with one attached hydrogen (secondary N) is 1. The number of hydrogen-bond donors (Lipinski definition) is 1. The second-order valence-electron chi connectivity index (χ2n) is 3.80. The Balaban J connectivity index is 2.02. The van der Waals surface area contributed by atoms with E-state index in [1.165, 1.54) is 0 Å². The van der Waals surface area contributed by atoms with Crippen molar-refractivity contribution in [3.8, 4) is 0 Å². The van der Waals surface area contributed by atoms with Gasteiger partial charge in [-0.25, -0.2) is 0 Å². The molecule has 1 N–H and O–H groups in total. The van der Waals surface area contributed by atoms with Crippen molar-refractivity contribution < 1.29 is 4.79 Å². The van der Waals surface area contributed by atoms with Crippen molar-refractivity contribution in [2.45, 2.75) is 6.54 Å². The zero-order valence-electron chi connectivity index (χ0n) is 9.49. The lowest BCUT2D eigenvalue weighted by Crippen LogP contribution is -2.22. The molecule has 0 atom stereocenters. The van der Waals surface area contributed by atoms with Gasteiger partial charge >= 0.3 is 0 Å². The van der Waals surface area contributed by atoms with E-state index in [4.69, 9.17) is 11.6 Å². The Labute approximate surface area is 119 Å². The smallest absolute Gasteiger partial charge is 0.251 e. The van der Waals surface area contributed by atoms with Crippen LogP contribution in [0, 0.1) is 0 Å². The lowest BCUT2D eigenvalue weighted by Gasteiger charge is -2.06. The first kappa shape index (κ1) is 13.1. The molecule has 0 fully saturated rings. The minimum atomic E-state index is -0.131. The Bertz CT molecular complexity index is 557. The number of amides is 1. The fourth-order valence-electron chi connectivity index (χ4n) is 1.52. The van der Waals surface area contributed by atoms with Crippen LogP contribution < -0.4 is 5.32 Å². The van der Waals surface area contributed by atoms with Gasteiger partial charge in [-0.2, -0.15) is 0 Å². The van der Waals surface area contributed by atoms with Crippen LogP contribution >= 0.6 is 27.5 Å². The van der Waals surface area contributed by atoms with E-state index in [-0.39, 0.29) is 5.91 Å².